The van der Waals surface area contributed by atoms with Gasteiger partial charge in [0.25, 0.3) is 0 Å². The second kappa shape index (κ2) is 15.0. The maximum absolute atomic E-state index is 2.45. The molecule has 12 aromatic rings. The molecule has 4 heteroatoms. The second-order valence-electron chi connectivity index (χ2n) is 15.8. The van der Waals surface area contributed by atoms with Crippen LogP contribution in [0.25, 0.3) is 69.6 Å². The first-order valence-electron chi connectivity index (χ1n) is 21.1. The van der Waals surface area contributed by atoms with Crippen molar-refractivity contribution in [2.45, 2.75) is 0 Å². The average molecular weight is 810 g/mol. The quantitative estimate of drug-likeness (QED) is 0.151. The maximum Gasteiger partial charge on any atom is 0.0583 e. The van der Waals surface area contributed by atoms with Gasteiger partial charge in [0.1, 0.15) is 0 Å². The van der Waals surface area contributed by atoms with Crippen LogP contribution in [0.3, 0.4) is 0 Å². The number of hydrogen-bond acceptors (Lipinski definition) is 3. The first-order chi connectivity index (χ1) is 30.7. The van der Waals surface area contributed by atoms with E-state index in [1.807, 2.05) is 11.3 Å². The van der Waals surface area contributed by atoms with E-state index < -0.39 is 0 Å². The molecule has 0 unspecified atom stereocenters. The molecule has 292 valence electrons. The third-order valence-corrected chi connectivity index (χ3v) is 13.2. The summed E-state index contributed by atoms with van der Waals surface area (Å²) in [7, 11) is 0. The zero-order valence-corrected chi connectivity index (χ0v) is 34.6. The zero-order valence-electron chi connectivity index (χ0n) is 33.8. The van der Waals surface area contributed by atoms with Crippen molar-refractivity contribution in [2.75, 3.05) is 9.80 Å². The topological polar surface area (TPSA) is 11.4 Å². The maximum atomic E-state index is 2.45. The second-order valence-corrected chi connectivity index (χ2v) is 16.9. The predicted molar refractivity (Wildman–Crippen MR) is 266 cm³/mol. The van der Waals surface area contributed by atoms with E-state index in [4.69, 9.17) is 0 Å². The summed E-state index contributed by atoms with van der Waals surface area (Å²) in [5.74, 6) is 0. The van der Waals surface area contributed by atoms with Crippen molar-refractivity contribution in [2.24, 2.45) is 0 Å². The van der Waals surface area contributed by atoms with Gasteiger partial charge in [-0.2, -0.15) is 0 Å². The standard InChI is InChI=1S/C58H39N3S/c1-5-17-40(18-6-1)41-29-31-47(32-30-41)61-53-28-16-15-27-50(53)58-54(60(45-23-9-3-10-24-45)46-25-11-4-12-26-46)38-49(39-55(58)61)59(44-21-7-2-8-22-44)48-33-34-56-52(37-48)51-35-42-19-13-14-20-43(42)36-57(51)62-56/h1-39H. The fraction of sp³-hybridized carbons (Fsp3) is 0. The summed E-state index contributed by atoms with van der Waals surface area (Å²) in [6, 6.07) is 86.0. The summed E-state index contributed by atoms with van der Waals surface area (Å²) in [6.45, 7) is 0. The van der Waals surface area contributed by atoms with Gasteiger partial charge in [0.05, 0.1) is 22.4 Å². The molecule has 0 amide bonds. The van der Waals surface area contributed by atoms with Crippen molar-refractivity contribution in [3.8, 4) is 16.8 Å². The smallest absolute Gasteiger partial charge is 0.0583 e. The molecule has 0 aliphatic rings. The van der Waals surface area contributed by atoms with E-state index in [2.05, 4.69) is 251 Å². The minimum Gasteiger partial charge on any atom is -0.310 e. The van der Waals surface area contributed by atoms with Crippen molar-refractivity contribution in [1.29, 1.82) is 0 Å². The third-order valence-electron chi connectivity index (χ3n) is 12.1. The van der Waals surface area contributed by atoms with Gasteiger partial charge in [-0.15, -0.1) is 11.3 Å². The van der Waals surface area contributed by atoms with Crippen LogP contribution >= 0.6 is 11.3 Å². The van der Waals surface area contributed by atoms with Crippen molar-refractivity contribution in [1.82, 2.24) is 4.57 Å². The Kier molecular flexibility index (Phi) is 8.68. The van der Waals surface area contributed by atoms with E-state index in [1.165, 1.54) is 52.8 Å². The molecule has 2 aromatic heterocycles. The van der Waals surface area contributed by atoms with Gasteiger partial charge in [0, 0.05) is 59.4 Å². The van der Waals surface area contributed by atoms with Crippen LogP contribution in [0.2, 0.25) is 0 Å². The van der Waals surface area contributed by atoms with E-state index in [1.54, 1.807) is 0 Å². The summed E-state index contributed by atoms with van der Waals surface area (Å²) in [5, 5.41) is 7.45. The molecule has 0 fully saturated rings. The van der Waals surface area contributed by atoms with Crippen LogP contribution in [-0.2, 0) is 0 Å². The Bertz CT molecular complexity index is 3520. The summed E-state index contributed by atoms with van der Waals surface area (Å²) >= 11 is 1.86. The number of hydrogen-bond donors (Lipinski definition) is 0. The van der Waals surface area contributed by atoms with E-state index in [9.17, 15) is 0 Å². The molecule has 0 radical (unpaired) electrons. The molecule has 2 heterocycles. The largest absolute Gasteiger partial charge is 0.310 e. The van der Waals surface area contributed by atoms with Crippen LogP contribution in [-0.4, -0.2) is 4.57 Å². The molecule has 0 atom stereocenters. The lowest BCUT2D eigenvalue weighted by Crippen LogP contribution is -2.14. The first kappa shape index (κ1) is 36.0. The SMILES string of the molecule is c1ccc(-c2ccc(-n3c4ccccc4c4c(N(c5ccccc5)c5ccccc5)cc(N(c5ccccc5)c5ccc6sc7cc8ccccc8cc7c6c5)cc43)cc2)cc1. The number of fused-ring (bicyclic) bond motifs is 7. The van der Waals surface area contributed by atoms with Crippen LogP contribution in [0.15, 0.2) is 237 Å². The van der Waals surface area contributed by atoms with Crippen molar-refractivity contribution in [3.05, 3.63) is 237 Å². The Labute approximate surface area is 364 Å². The molecule has 0 aliphatic heterocycles. The number of rotatable bonds is 8. The monoisotopic (exact) mass is 809 g/mol. The van der Waals surface area contributed by atoms with Gasteiger partial charge >= 0.3 is 0 Å². The predicted octanol–water partition coefficient (Wildman–Crippen LogP) is 16.9. The van der Waals surface area contributed by atoms with Gasteiger partial charge in [-0.05, 0) is 119 Å². The number of anilines is 6. The van der Waals surface area contributed by atoms with Gasteiger partial charge in [0.15, 0.2) is 0 Å². The average Bonchev–Trinajstić information content (AvgIpc) is 3.87. The van der Waals surface area contributed by atoms with Gasteiger partial charge in [-0.25, -0.2) is 0 Å². The minimum absolute atomic E-state index is 1.06. The third kappa shape index (κ3) is 6.11. The molecule has 0 saturated carbocycles. The summed E-state index contributed by atoms with van der Waals surface area (Å²) in [5.41, 5.74) is 12.3. The molecule has 0 bridgehead atoms. The molecule has 12 rings (SSSR count). The van der Waals surface area contributed by atoms with E-state index in [-0.39, 0.29) is 0 Å². The van der Waals surface area contributed by atoms with Crippen LogP contribution in [0, 0.1) is 0 Å². The van der Waals surface area contributed by atoms with Crippen LogP contribution in [0.4, 0.5) is 34.1 Å². The Hall–Kier alpha value is -7.92. The lowest BCUT2D eigenvalue weighted by atomic mass is 10.0. The van der Waals surface area contributed by atoms with Crippen LogP contribution in [0.1, 0.15) is 0 Å². The molecular formula is C58H39N3S. The molecule has 10 aromatic carbocycles. The Morgan fingerprint density at radius 2 is 0.871 bits per heavy atom. The summed E-state index contributed by atoms with van der Waals surface area (Å²) in [4.78, 5) is 4.85. The highest BCUT2D eigenvalue weighted by molar-refractivity contribution is 7.25. The van der Waals surface area contributed by atoms with Gasteiger partial charge in [-0.3, -0.25) is 0 Å². The highest BCUT2D eigenvalue weighted by atomic mass is 32.1. The van der Waals surface area contributed by atoms with E-state index in [0.717, 1.165) is 50.8 Å². The Morgan fingerprint density at radius 3 is 1.55 bits per heavy atom. The molecule has 0 N–H and O–H groups in total. The number of thiophene rings is 1. The molecule has 0 spiro atoms. The fourth-order valence-corrected chi connectivity index (χ4v) is 10.4. The van der Waals surface area contributed by atoms with Gasteiger partial charge < -0.3 is 14.4 Å². The van der Waals surface area contributed by atoms with Crippen molar-refractivity contribution in [3.63, 3.8) is 0 Å². The number of benzene rings is 10. The van der Waals surface area contributed by atoms with E-state index >= 15 is 0 Å². The molecule has 0 saturated heterocycles. The normalized spacial score (nSPS) is 11.5. The number of nitrogens with zero attached hydrogens (tertiary/aromatic N) is 3. The van der Waals surface area contributed by atoms with E-state index in [0.29, 0.717) is 0 Å². The Balaban J connectivity index is 1.16. The molecule has 62 heavy (non-hydrogen) atoms. The highest BCUT2D eigenvalue weighted by Gasteiger charge is 2.25. The summed E-state index contributed by atoms with van der Waals surface area (Å²) < 4.78 is 5.03. The highest BCUT2D eigenvalue weighted by Crippen LogP contribution is 2.49. The zero-order chi connectivity index (χ0) is 41.0. The summed E-state index contributed by atoms with van der Waals surface area (Å²) in [6.07, 6.45) is 0. The lowest BCUT2D eigenvalue weighted by Gasteiger charge is -2.30. The molecular weight excluding hydrogens is 771 g/mol. The van der Waals surface area contributed by atoms with Gasteiger partial charge in [-0.1, -0.05) is 140 Å². The first-order valence-corrected chi connectivity index (χ1v) is 21.9. The minimum atomic E-state index is 1.06. The Morgan fingerprint density at radius 1 is 0.323 bits per heavy atom. The number of para-hydroxylation sites is 4. The molecule has 3 nitrogen and oxygen atoms in total. The lowest BCUT2D eigenvalue weighted by molar-refractivity contribution is 1.17. The number of aromatic nitrogens is 1. The van der Waals surface area contributed by atoms with Crippen molar-refractivity contribution >= 4 is 98.2 Å². The molecule has 0 aliphatic carbocycles. The van der Waals surface area contributed by atoms with Crippen LogP contribution in [0.5, 0.6) is 0 Å². The fourth-order valence-electron chi connectivity index (χ4n) is 9.27. The van der Waals surface area contributed by atoms with Crippen LogP contribution < -0.4 is 9.80 Å². The van der Waals surface area contributed by atoms with Crippen molar-refractivity contribution < 1.29 is 0 Å². The van der Waals surface area contributed by atoms with Gasteiger partial charge in [0.2, 0.25) is 0 Å².